The third kappa shape index (κ3) is 3.76. The van der Waals surface area contributed by atoms with E-state index in [0.29, 0.717) is 18.5 Å². The number of benzene rings is 1. The molecule has 0 radical (unpaired) electrons. The highest BCUT2D eigenvalue weighted by atomic mass is 19.1. The molecule has 1 heterocycles. The average molecular weight is 282 g/mol. The molecule has 20 heavy (non-hydrogen) atoms. The second kappa shape index (κ2) is 7.14. The van der Waals surface area contributed by atoms with E-state index in [0.717, 1.165) is 32.5 Å². The topological polar surface area (TPSA) is 15.3 Å². The first kappa shape index (κ1) is 15.4. The summed E-state index contributed by atoms with van der Waals surface area (Å²) in [4.78, 5) is 2.15. The average Bonchev–Trinajstić information content (AvgIpc) is 2.42. The summed E-state index contributed by atoms with van der Waals surface area (Å²) in [5.41, 5.74) is 0.194. The van der Waals surface area contributed by atoms with Gasteiger partial charge >= 0.3 is 0 Å². The fraction of sp³-hybridized carbons (Fsp3) is 0.625. The van der Waals surface area contributed by atoms with Crippen LogP contribution in [-0.2, 0) is 6.54 Å². The van der Waals surface area contributed by atoms with Gasteiger partial charge in [0.25, 0.3) is 0 Å². The second-order valence-electron chi connectivity index (χ2n) is 5.76. The SMILES string of the molecule is CCCNC1CCN(Cc2c(F)cccc2F)CC1C. The number of hydrogen-bond acceptors (Lipinski definition) is 2. The Balaban J connectivity index is 1.93. The molecule has 1 aliphatic heterocycles. The molecule has 0 aliphatic carbocycles. The van der Waals surface area contributed by atoms with Crippen molar-refractivity contribution in [2.45, 2.75) is 39.3 Å². The van der Waals surface area contributed by atoms with Crippen LogP contribution in [0.4, 0.5) is 8.78 Å². The van der Waals surface area contributed by atoms with Gasteiger partial charge in [-0.2, -0.15) is 0 Å². The first-order chi connectivity index (χ1) is 9.61. The molecule has 2 atom stereocenters. The van der Waals surface area contributed by atoms with Crippen LogP contribution in [0.3, 0.4) is 0 Å². The Kier molecular flexibility index (Phi) is 5.49. The van der Waals surface area contributed by atoms with E-state index in [9.17, 15) is 8.78 Å². The lowest BCUT2D eigenvalue weighted by molar-refractivity contribution is 0.138. The minimum absolute atomic E-state index is 0.194. The molecule has 0 amide bonds. The van der Waals surface area contributed by atoms with E-state index in [-0.39, 0.29) is 5.56 Å². The molecule has 0 aromatic heterocycles. The normalized spacial score (nSPS) is 24.0. The van der Waals surface area contributed by atoms with Crippen molar-refractivity contribution in [3.05, 3.63) is 35.4 Å². The summed E-state index contributed by atoms with van der Waals surface area (Å²) >= 11 is 0. The van der Waals surface area contributed by atoms with E-state index in [1.165, 1.54) is 18.2 Å². The Morgan fingerprint density at radius 2 is 2.00 bits per heavy atom. The van der Waals surface area contributed by atoms with E-state index in [1.807, 2.05) is 0 Å². The van der Waals surface area contributed by atoms with Crippen molar-refractivity contribution in [2.75, 3.05) is 19.6 Å². The largest absolute Gasteiger partial charge is 0.314 e. The molecular formula is C16H24F2N2. The summed E-state index contributed by atoms with van der Waals surface area (Å²) in [5.74, 6) is -0.377. The minimum Gasteiger partial charge on any atom is -0.314 e. The Hall–Kier alpha value is -1.00. The van der Waals surface area contributed by atoms with Crippen molar-refractivity contribution < 1.29 is 8.78 Å². The molecule has 1 aromatic carbocycles. The molecule has 0 spiro atoms. The van der Waals surface area contributed by atoms with Gasteiger partial charge in [-0.15, -0.1) is 0 Å². The lowest BCUT2D eigenvalue weighted by Gasteiger charge is -2.37. The third-order valence-electron chi connectivity index (χ3n) is 4.09. The Morgan fingerprint density at radius 1 is 1.30 bits per heavy atom. The monoisotopic (exact) mass is 282 g/mol. The van der Waals surface area contributed by atoms with E-state index >= 15 is 0 Å². The van der Waals surface area contributed by atoms with Crippen LogP contribution >= 0.6 is 0 Å². The second-order valence-corrected chi connectivity index (χ2v) is 5.76. The van der Waals surface area contributed by atoms with Crippen molar-refractivity contribution in [2.24, 2.45) is 5.92 Å². The van der Waals surface area contributed by atoms with Gasteiger partial charge in [0.1, 0.15) is 11.6 Å². The van der Waals surface area contributed by atoms with E-state index in [1.54, 1.807) is 0 Å². The molecule has 1 fully saturated rings. The molecule has 1 saturated heterocycles. The van der Waals surface area contributed by atoms with Gasteiger partial charge < -0.3 is 5.32 Å². The maximum atomic E-state index is 13.7. The molecule has 1 aliphatic rings. The number of halogens is 2. The van der Waals surface area contributed by atoms with Gasteiger partial charge in [0.15, 0.2) is 0 Å². The molecular weight excluding hydrogens is 258 g/mol. The molecule has 1 N–H and O–H groups in total. The van der Waals surface area contributed by atoms with Crippen molar-refractivity contribution in [3.8, 4) is 0 Å². The number of piperidine rings is 1. The molecule has 0 saturated carbocycles. The molecule has 112 valence electrons. The quantitative estimate of drug-likeness (QED) is 0.892. The van der Waals surface area contributed by atoms with E-state index < -0.39 is 11.6 Å². The highest BCUT2D eigenvalue weighted by Crippen LogP contribution is 2.21. The highest BCUT2D eigenvalue weighted by molar-refractivity contribution is 5.19. The number of rotatable bonds is 5. The number of hydrogen-bond donors (Lipinski definition) is 1. The first-order valence-corrected chi connectivity index (χ1v) is 7.50. The standard InChI is InChI=1S/C16H24F2N2/c1-3-8-19-16-7-9-20(10-12(16)2)11-13-14(17)5-4-6-15(13)18/h4-6,12,16,19H,3,7-11H2,1-2H3. The summed E-state index contributed by atoms with van der Waals surface area (Å²) in [5, 5.41) is 3.55. The van der Waals surface area contributed by atoms with E-state index in [2.05, 4.69) is 24.1 Å². The van der Waals surface area contributed by atoms with Gasteiger partial charge in [0.2, 0.25) is 0 Å². The summed E-state index contributed by atoms with van der Waals surface area (Å²) in [6, 6.07) is 4.60. The van der Waals surface area contributed by atoms with Crippen LogP contribution in [0.2, 0.25) is 0 Å². The van der Waals surface area contributed by atoms with Gasteiger partial charge in [-0.3, -0.25) is 4.90 Å². The van der Waals surface area contributed by atoms with Crippen molar-refractivity contribution >= 4 is 0 Å². The maximum absolute atomic E-state index is 13.7. The summed E-state index contributed by atoms with van der Waals surface area (Å²) < 4.78 is 27.3. The number of nitrogens with one attached hydrogen (secondary N) is 1. The van der Waals surface area contributed by atoms with Gasteiger partial charge in [-0.05, 0) is 44.0 Å². The highest BCUT2D eigenvalue weighted by Gasteiger charge is 2.26. The predicted molar refractivity (Wildman–Crippen MR) is 77.5 cm³/mol. The predicted octanol–water partition coefficient (Wildman–Crippen LogP) is 3.17. The van der Waals surface area contributed by atoms with Crippen molar-refractivity contribution in [1.82, 2.24) is 10.2 Å². The number of nitrogens with zero attached hydrogens (tertiary/aromatic N) is 1. The summed E-state index contributed by atoms with van der Waals surface area (Å²) in [7, 11) is 0. The zero-order valence-corrected chi connectivity index (χ0v) is 12.3. The van der Waals surface area contributed by atoms with Crippen LogP contribution in [-0.4, -0.2) is 30.6 Å². The van der Waals surface area contributed by atoms with E-state index in [4.69, 9.17) is 0 Å². The first-order valence-electron chi connectivity index (χ1n) is 7.50. The fourth-order valence-electron chi connectivity index (χ4n) is 2.92. The molecule has 1 aromatic rings. The molecule has 0 bridgehead atoms. The van der Waals surface area contributed by atoms with Crippen LogP contribution in [0.25, 0.3) is 0 Å². The summed E-state index contributed by atoms with van der Waals surface area (Å²) in [6.07, 6.45) is 2.17. The molecule has 4 heteroatoms. The fourth-order valence-corrected chi connectivity index (χ4v) is 2.92. The van der Waals surface area contributed by atoms with Crippen molar-refractivity contribution in [3.63, 3.8) is 0 Å². The van der Waals surface area contributed by atoms with Gasteiger partial charge in [0, 0.05) is 24.7 Å². The van der Waals surface area contributed by atoms with Gasteiger partial charge in [-0.1, -0.05) is 19.9 Å². The Morgan fingerprint density at radius 3 is 2.60 bits per heavy atom. The van der Waals surface area contributed by atoms with Crippen LogP contribution in [0.1, 0.15) is 32.3 Å². The zero-order chi connectivity index (χ0) is 14.5. The van der Waals surface area contributed by atoms with Crippen LogP contribution < -0.4 is 5.32 Å². The summed E-state index contributed by atoms with van der Waals surface area (Å²) in [6.45, 7) is 7.54. The Bertz CT molecular complexity index is 416. The van der Waals surface area contributed by atoms with Crippen LogP contribution in [0, 0.1) is 17.6 Å². The minimum atomic E-state index is -0.441. The van der Waals surface area contributed by atoms with Crippen LogP contribution in [0.5, 0.6) is 0 Å². The molecule has 2 nitrogen and oxygen atoms in total. The van der Waals surface area contributed by atoms with Crippen molar-refractivity contribution in [1.29, 1.82) is 0 Å². The number of likely N-dealkylation sites (tertiary alicyclic amines) is 1. The smallest absolute Gasteiger partial charge is 0.130 e. The molecule has 2 unspecified atom stereocenters. The third-order valence-corrected chi connectivity index (χ3v) is 4.09. The zero-order valence-electron chi connectivity index (χ0n) is 12.3. The molecule has 2 rings (SSSR count). The maximum Gasteiger partial charge on any atom is 0.130 e. The van der Waals surface area contributed by atoms with Gasteiger partial charge in [-0.25, -0.2) is 8.78 Å². The lowest BCUT2D eigenvalue weighted by Crippen LogP contribution is -2.48. The van der Waals surface area contributed by atoms with Gasteiger partial charge in [0.05, 0.1) is 0 Å². The lowest BCUT2D eigenvalue weighted by atomic mass is 9.93. The van der Waals surface area contributed by atoms with Crippen LogP contribution in [0.15, 0.2) is 18.2 Å². The Labute approximate surface area is 120 Å².